The number of rotatable bonds is 6. The summed E-state index contributed by atoms with van der Waals surface area (Å²) in [7, 11) is 0. The molecule has 0 bridgehead atoms. The number of halogens is 2. The third-order valence-corrected chi connectivity index (χ3v) is 4.00. The third kappa shape index (κ3) is 4.03. The molecule has 3 amide bonds. The van der Waals surface area contributed by atoms with Gasteiger partial charge in [-0.05, 0) is 32.4 Å². The van der Waals surface area contributed by atoms with Crippen LogP contribution in [0.5, 0.6) is 0 Å². The molecule has 1 heterocycles. The molecule has 1 aliphatic heterocycles. The zero-order chi connectivity index (χ0) is 17.9. The van der Waals surface area contributed by atoms with Gasteiger partial charge in [0.1, 0.15) is 18.0 Å². The van der Waals surface area contributed by atoms with Crippen molar-refractivity contribution < 1.29 is 23.5 Å². The quantitative estimate of drug-likeness (QED) is 0.628. The van der Waals surface area contributed by atoms with E-state index in [1.807, 2.05) is 0 Å². The number of carbonyl (C=O) groups excluding carboxylic acids is 3. The van der Waals surface area contributed by atoms with Gasteiger partial charge < -0.3 is 10.1 Å². The number of benzene rings is 1. The monoisotopic (exact) mass is 356 g/mol. The fraction of sp³-hybridized carbons (Fsp3) is 0.438. The fourth-order valence-electron chi connectivity index (χ4n) is 2.30. The van der Waals surface area contributed by atoms with Gasteiger partial charge in [0.25, 0.3) is 5.91 Å². The summed E-state index contributed by atoms with van der Waals surface area (Å²) in [4.78, 5) is 36.4. The van der Waals surface area contributed by atoms with E-state index in [4.69, 9.17) is 16.3 Å². The molecule has 0 saturated carbocycles. The first-order chi connectivity index (χ1) is 11.2. The zero-order valence-corrected chi connectivity index (χ0v) is 14.2. The molecule has 0 aromatic heterocycles. The van der Waals surface area contributed by atoms with Crippen LogP contribution in [0.4, 0.5) is 9.18 Å². The Morgan fingerprint density at radius 3 is 2.67 bits per heavy atom. The van der Waals surface area contributed by atoms with Crippen molar-refractivity contribution in [3.8, 4) is 0 Å². The molecule has 0 unspecified atom stereocenters. The Morgan fingerprint density at radius 2 is 2.08 bits per heavy atom. The number of imide groups is 1. The maximum Gasteiger partial charge on any atom is 0.325 e. The number of amides is 3. The average molecular weight is 357 g/mol. The molecule has 24 heavy (non-hydrogen) atoms. The maximum atomic E-state index is 13.6. The Hall–Kier alpha value is -2.15. The summed E-state index contributed by atoms with van der Waals surface area (Å²) >= 11 is 5.84. The predicted molar refractivity (Wildman–Crippen MR) is 84.8 cm³/mol. The average Bonchev–Trinajstić information content (AvgIpc) is 2.68. The smallest absolute Gasteiger partial charge is 0.325 e. The highest BCUT2D eigenvalue weighted by molar-refractivity contribution is 6.31. The summed E-state index contributed by atoms with van der Waals surface area (Å²) < 4.78 is 18.5. The van der Waals surface area contributed by atoms with Gasteiger partial charge in [-0.25, -0.2) is 9.18 Å². The van der Waals surface area contributed by atoms with E-state index in [1.165, 1.54) is 18.2 Å². The van der Waals surface area contributed by atoms with Crippen LogP contribution >= 0.6 is 11.6 Å². The number of hydrogen-bond donors (Lipinski definition) is 1. The molecule has 1 N–H and O–H groups in total. The molecule has 0 atom stereocenters. The molecule has 8 heteroatoms. The van der Waals surface area contributed by atoms with Gasteiger partial charge in [-0.2, -0.15) is 0 Å². The van der Waals surface area contributed by atoms with Crippen molar-refractivity contribution in [3.63, 3.8) is 0 Å². The largest absolute Gasteiger partial charge is 0.461 e. The van der Waals surface area contributed by atoms with Crippen LogP contribution in [0.2, 0.25) is 5.02 Å². The van der Waals surface area contributed by atoms with E-state index in [0.717, 1.165) is 4.90 Å². The summed E-state index contributed by atoms with van der Waals surface area (Å²) in [6, 6.07) is 3.72. The summed E-state index contributed by atoms with van der Waals surface area (Å²) in [5.41, 5.74) is -0.817. The van der Waals surface area contributed by atoms with Crippen molar-refractivity contribution in [1.29, 1.82) is 0 Å². The minimum atomic E-state index is -0.931. The van der Waals surface area contributed by atoms with Gasteiger partial charge in [0.05, 0.1) is 5.02 Å². The molecule has 1 saturated heterocycles. The van der Waals surface area contributed by atoms with Crippen LogP contribution in [0.15, 0.2) is 18.2 Å². The lowest BCUT2D eigenvalue weighted by Gasteiger charge is -2.15. The number of carbonyl (C=O) groups is 3. The van der Waals surface area contributed by atoms with E-state index in [0.29, 0.717) is 0 Å². The topological polar surface area (TPSA) is 75.7 Å². The van der Waals surface area contributed by atoms with Crippen molar-refractivity contribution in [3.05, 3.63) is 34.6 Å². The first-order valence-corrected chi connectivity index (χ1v) is 7.83. The summed E-state index contributed by atoms with van der Waals surface area (Å²) in [5.74, 6) is -1.43. The predicted octanol–water partition coefficient (Wildman–Crippen LogP) is 2.63. The summed E-state index contributed by atoms with van der Waals surface area (Å²) in [6.07, 6.45) is 0.267. The van der Waals surface area contributed by atoms with Gasteiger partial charge in [0.15, 0.2) is 0 Å². The molecule has 2 rings (SSSR count). The minimum Gasteiger partial charge on any atom is -0.461 e. The number of nitrogens with zero attached hydrogens (tertiary/aromatic N) is 1. The number of esters is 1. The van der Waals surface area contributed by atoms with Gasteiger partial charge in [0, 0.05) is 18.5 Å². The van der Waals surface area contributed by atoms with E-state index < -0.39 is 23.4 Å². The number of hydrogen-bond acceptors (Lipinski definition) is 4. The Kier molecular flexibility index (Phi) is 5.43. The summed E-state index contributed by atoms with van der Waals surface area (Å²) in [6.45, 7) is 3.07. The summed E-state index contributed by atoms with van der Waals surface area (Å²) in [5, 5.41) is 2.74. The van der Waals surface area contributed by atoms with Crippen LogP contribution in [0, 0.1) is 5.82 Å². The zero-order valence-electron chi connectivity index (χ0n) is 13.4. The molecule has 1 aliphatic rings. The number of urea groups is 1. The second-order valence-electron chi connectivity index (χ2n) is 5.98. The molecule has 1 aromatic rings. The number of ether oxygens (including phenoxy) is 1. The third-order valence-electron chi connectivity index (χ3n) is 3.65. The first-order valence-electron chi connectivity index (χ1n) is 7.45. The SMILES string of the molecule is CC1(C)NC(=O)N(CCCC(=O)OCc2c(F)cccc2Cl)C1=O. The Labute approximate surface area is 143 Å². The molecule has 0 spiro atoms. The lowest BCUT2D eigenvalue weighted by atomic mass is 10.1. The molecule has 6 nitrogen and oxygen atoms in total. The molecule has 1 fully saturated rings. The number of nitrogens with one attached hydrogen (secondary N) is 1. The molecule has 1 aromatic carbocycles. The normalized spacial score (nSPS) is 16.2. The lowest BCUT2D eigenvalue weighted by molar-refractivity contribution is -0.145. The van der Waals surface area contributed by atoms with E-state index in [1.54, 1.807) is 13.8 Å². The van der Waals surface area contributed by atoms with E-state index in [9.17, 15) is 18.8 Å². The van der Waals surface area contributed by atoms with Crippen LogP contribution < -0.4 is 5.32 Å². The fourth-order valence-corrected chi connectivity index (χ4v) is 2.52. The maximum absolute atomic E-state index is 13.6. The molecular formula is C16H18ClFN2O4. The van der Waals surface area contributed by atoms with Crippen molar-refractivity contribution in [2.24, 2.45) is 0 Å². The van der Waals surface area contributed by atoms with Gasteiger partial charge in [-0.1, -0.05) is 17.7 Å². The Bertz CT molecular complexity index is 658. The van der Waals surface area contributed by atoms with Gasteiger partial charge in [0.2, 0.25) is 0 Å². The molecular weight excluding hydrogens is 339 g/mol. The first kappa shape index (κ1) is 18.2. The Balaban J connectivity index is 1.78. The highest BCUT2D eigenvalue weighted by atomic mass is 35.5. The van der Waals surface area contributed by atoms with Crippen molar-refractivity contribution in [1.82, 2.24) is 10.2 Å². The van der Waals surface area contributed by atoms with E-state index in [-0.39, 0.29) is 42.5 Å². The molecule has 0 aliphatic carbocycles. The van der Waals surface area contributed by atoms with Crippen LogP contribution in [-0.4, -0.2) is 34.9 Å². The Morgan fingerprint density at radius 1 is 1.38 bits per heavy atom. The second kappa shape index (κ2) is 7.17. The van der Waals surface area contributed by atoms with Gasteiger partial charge in [-0.15, -0.1) is 0 Å². The minimum absolute atomic E-state index is 0.00353. The highest BCUT2D eigenvalue weighted by Gasteiger charge is 2.43. The van der Waals surface area contributed by atoms with Crippen LogP contribution in [-0.2, 0) is 20.9 Å². The lowest BCUT2D eigenvalue weighted by Crippen LogP contribution is -2.40. The van der Waals surface area contributed by atoms with Crippen molar-refractivity contribution >= 4 is 29.5 Å². The molecule has 130 valence electrons. The standard InChI is InChI=1S/C16H18ClFN2O4/c1-16(2)14(22)20(15(23)19-16)8-4-7-13(21)24-9-10-11(17)5-3-6-12(10)18/h3,5-6H,4,7-9H2,1-2H3,(H,19,23). The van der Waals surface area contributed by atoms with Crippen LogP contribution in [0.1, 0.15) is 32.3 Å². The van der Waals surface area contributed by atoms with Crippen molar-refractivity contribution in [2.45, 2.75) is 38.8 Å². The second-order valence-corrected chi connectivity index (χ2v) is 6.38. The highest BCUT2D eigenvalue weighted by Crippen LogP contribution is 2.20. The van der Waals surface area contributed by atoms with Crippen LogP contribution in [0.25, 0.3) is 0 Å². The van der Waals surface area contributed by atoms with Crippen LogP contribution in [0.3, 0.4) is 0 Å². The van der Waals surface area contributed by atoms with E-state index in [2.05, 4.69) is 5.32 Å². The van der Waals surface area contributed by atoms with Gasteiger partial charge >= 0.3 is 12.0 Å². The van der Waals surface area contributed by atoms with E-state index >= 15 is 0 Å². The van der Waals surface area contributed by atoms with Crippen molar-refractivity contribution in [2.75, 3.05) is 6.54 Å². The molecule has 0 radical (unpaired) electrons. The van der Waals surface area contributed by atoms with Gasteiger partial charge in [-0.3, -0.25) is 14.5 Å².